The molecule has 5 heteroatoms. The summed E-state index contributed by atoms with van der Waals surface area (Å²) in [6, 6.07) is 43.1. The molecule has 0 bridgehead atoms. The number of hydrogen-bond acceptors (Lipinski definition) is 3. The molecular formula is C37H21N3OS. The van der Waals surface area contributed by atoms with Gasteiger partial charge in [-0.3, -0.25) is 0 Å². The summed E-state index contributed by atoms with van der Waals surface area (Å²) >= 11 is 1.85. The average molecular weight is 556 g/mol. The Morgan fingerprint density at radius 2 is 1.40 bits per heavy atom. The summed E-state index contributed by atoms with van der Waals surface area (Å²) in [6.45, 7) is 0. The molecule has 0 saturated carbocycles. The van der Waals surface area contributed by atoms with E-state index in [-0.39, 0.29) is 0 Å². The predicted molar refractivity (Wildman–Crippen MR) is 175 cm³/mol. The van der Waals surface area contributed by atoms with Crippen molar-refractivity contribution in [3.63, 3.8) is 0 Å². The summed E-state index contributed by atoms with van der Waals surface area (Å²) < 4.78 is 12.1. The van der Waals surface area contributed by atoms with Gasteiger partial charge < -0.3 is 8.98 Å². The van der Waals surface area contributed by atoms with Gasteiger partial charge in [-0.1, -0.05) is 72.8 Å². The quantitative estimate of drug-likeness (QED) is 0.213. The lowest BCUT2D eigenvalue weighted by Gasteiger charge is -2.10. The molecule has 42 heavy (non-hydrogen) atoms. The molecule has 0 unspecified atom stereocenters. The third-order valence-electron chi connectivity index (χ3n) is 8.55. The van der Waals surface area contributed by atoms with Crippen LogP contribution >= 0.6 is 11.3 Å². The highest BCUT2D eigenvalue weighted by atomic mass is 32.1. The molecule has 5 heterocycles. The number of hydrogen-bond donors (Lipinski definition) is 0. The fourth-order valence-electron chi connectivity index (χ4n) is 6.64. The lowest BCUT2D eigenvalue weighted by Crippen LogP contribution is -1.94. The van der Waals surface area contributed by atoms with E-state index in [4.69, 9.17) is 9.52 Å². The van der Waals surface area contributed by atoms with Crippen molar-refractivity contribution in [2.24, 2.45) is 0 Å². The van der Waals surface area contributed by atoms with Crippen molar-refractivity contribution >= 4 is 80.9 Å². The lowest BCUT2D eigenvalue weighted by molar-refractivity contribution is 0.669. The van der Waals surface area contributed by atoms with Gasteiger partial charge in [-0.2, -0.15) is 5.10 Å². The smallest absolute Gasteiger partial charge is 0.136 e. The molecule has 196 valence electrons. The van der Waals surface area contributed by atoms with E-state index >= 15 is 0 Å². The molecule has 0 spiro atoms. The first-order valence-electron chi connectivity index (χ1n) is 14.1. The summed E-state index contributed by atoms with van der Waals surface area (Å²) in [4.78, 5) is 1.24. The van der Waals surface area contributed by atoms with Crippen molar-refractivity contribution in [3.8, 4) is 16.8 Å². The number of thiophene rings is 1. The van der Waals surface area contributed by atoms with Crippen molar-refractivity contribution in [1.29, 1.82) is 0 Å². The Morgan fingerprint density at radius 1 is 0.571 bits per heavy atom. The van der Waals surface area contributed by atoms with Crippen LogP contribution in [0.15, 0.2) is 132 Å². The van der Waals surface area contributed by atoms with Gasteiger partial charge in [0.05, 0.1) is 16.6 Å². The summed E-state index contributed by atoms with van der Waals surface area (Å²) in [5.74, 6) is 0. The van der Waals surface area contributed by atoms with Crippen LogP contribution in [0.4, 0.5) is 0 Å². The number of nitrogens with zero attached hydrogens (tertiary/aromatic N) is 3. The van der Waals surface area contributed by atoms with Crippen molar-refractivity contribution < 1.29 is 4.42 Å². The summed E-state index contributed by atoms with van der Waals surface area (Å²) in [7, 11) is 0. The van der Waals surface area contributed by atoms with Crippen LogP contribution in [0.2, 0.25) is 0 Å². The molecule has 0 saturated heterocycles. The Balaban J connectivity index is 1.25. The number of aromatic nitrogens is 3. The van der Waals surface area contributed by atoms with Crippen molar-refractivity contribution in [1.82, 2.24) is 14.2 Å². The fourth-order valence-corrected chi connectivity index (χ4v) is 7.89. The van der Waals surface area contributed by atoms with Gasteiger partial charge in [0.25, 0.3) is 0 Å². The van der Waals surface area contributed by atoms with E-state index in [1.807, 2.05) is 34.1 Å². The molecule has 0 N–H and O–H groups in total. The largest absolute Gasteiger partial charge is 0.456 e. The third-order valence-corrected chi connectivity index (χ3v) is 9.70. The zero-order valence-electron chi connectivity index (χ0n) is 22.3. The Morgan fingerprint density at radius 3 is 2.36 bits per heavy atom. The summed E-state index contributed by atoms with van der Waals surface area (Å²) in [5, 5.41) is 12.1. The number of para-hydroxylation sites is 1. The lowest BCUT2D eigenvalue weighted by atomic mass is 10.1. The van der Waals surface area contributed by atoms with Gasteiger partial charge in [0.15, 0.2) is 0 Å². The van der Waals surface area contributed by atoms with Crippen LogP contribution in [-0.2, 0) is 0 Å². The normalized spacial score (nSPS) is 12.3. The molecule has 0 amide bonds. The molecule has 0 aliphatic carbocycles. The zero-order valence-corrected chi connectivity index (χ0v) is 23.1. The van der Waals surface area contributed by atoms with Crippen molar-refractivity contribution in [2.45, 2.75) is 0 Å². The van der Waals surface area contributed by atoms with E-state index in [2.05, 4.69) is 114 Å². The number of benzene rings is 5. The van der Waals surface area contributed by atoms with Gasteiger partial charge in [-0.15, -0.1) is 11.3 Å². The van der Waals surface area contributed by atoms with Gasteiger partial charge in [-0.05, 0) is 54.1 Å². The van der Waals surface area contributed by atoms with Crippen LogP contribution < -0.4 is 0 Å². The highest BCUT2D eigenvalue weighted by molar-refractivity contribution is 7.25. The first-order valence-corrected chi connectivity index (χ1v) is 14.9. The molecule has 0 radical (unpaired) electrons. The molecule has 0 fully saturated rings. The number of rotatable bonds is 2. The maximum absolute atomic E-state index is 6.33. The fraction of sp³-hybridized carbons (Fsp3) is 0. The SMILES string of the molecule is c1cc(-c2ccc3c4ccccc4nn3c2)cc(-n2c3cc4c(cc3c3c5ccccc5sc32)oc2ccccc24)c1. The maximum Gasteiger partial charge on any atom is 0.136 e. The summed E-state index contributed by atoms with van der Waals surface area (Å²) in [5.41, 5.74) is 8.57. The van der Waals surface area contributed by atoms with Crippen molar-refractivity contribution in [2.75, 3.05) is 0 Å². The molecule has 4 nitrogen and oxygen atoms in total. The van der Waals surface area contributed by atoms with Crippen LogP contribution in [0.5, 0.6) is 0 Å². The van der Waals surface area contributed by atoms with Gasteiger partial charge in [0, 0.05) is 54.5 Å². The topological polar surface area (TPSA) is 35.4 Å². The van der Waals surface area contributed by atoms with Crippen LogP contribution in [0.3, 0.4) is 0 Å². The molecule has 10 rings (SSSR count). The Labute approximate surface area is 243 Å². The van der Waals surface area contributed by atoms with Gasteiger partial charge in [0.2, 0.25) is 0 Å². The van der Waals surface area contributed by atoms with Crippen LogP contribution in [-0.4, -0.2) is 14.2 Å². The van der Waals surface area contributed by atoms with Gasteiger partial charge >= 0.3 is 0 Å². The summed E-state index contributed by atoms with van der Waals surface area (Å²) in [6.07, 6.45) is 2.14. The minimum absolute atomic E-state index is 0.918. The number of furan rings is 1. The third kappa shape index (κ3) is 2.98. The van der Waals surface area contributed by atoms with E-state index in [1.165, 1.54) is 36.6 Å². The Bertz CT molecular complexity index is 2700. The molecule has 10 aromatic rings. The molecule has 0 aliphatic rings. The zero-order chi connectivity index (χ0) is 27.4. The predicted octanol–water partition coefficient (Wildman–Crippen LogP) is 10.4. The van der Waals surface area contributed by atoms with E-state index < -0.39 is 0 Å². The van der Waals surface area contributed by atoms with Crippen LogP contribution in [0.1, 0.15) is 0 Å². The number of fused-ring (bicyclic) bond motifs is 11. The molecular weight excluding hydrogens is 534 g/mol. The second-order valence-electron chi connectivity index (χ2n) is 10.9. The Kier molecular flexibility index (Phi) is 4.30. The van der Waals surface area contributed by atoms with E-state index in [1.54, 1.807) is 0 Å². The highest BCUT2D eigenvalue weighted by Crippen LogP contribution is 2.45. The minimum atomic E-state index is 0.918. The minimum Gasteiger partial charge on any atom is -0.456 e. The highest BCUT2D eigenvalue weighted by Gasteiger charge is 2.20. The molecule has 0 atom stereocenters. The first kappa shape index (κ1) is 22.3. The van der Waals surface area contributed by atoms with Gasteiger partial charge in [0.1, 0.15) is 16.0 Å². The van der Waals surface area contributed by atoms with Crippen molar-refractivity contribution in [3.05, 3.63) is 128 Å². The van der Waals surface area contributed by atoms with Gasteiger partial charge in [-0.25, -0.2) is 4.52 Å². The second-order valence-corrected chi connectivity index (χ2v) is 11.9. The first-order chi connectivity index (χ1) is 20.8. The number of pyridine rings is 1. The average Bonchev–Trinajstić information content (AvgIpc) is 3.77. The van der Waals surface area contributed by atoms with E-state index in [0.717, 1.165) is 49.8 Å². The second kappa shape index (κ2) is 8.09. The molecule has 5 aromatic carbocycles. The standard InChI is InChI=1S/C37H21N3OS/c1-4-13-30-26(11-1)31-17-16-23(21-39(31)38-30)22-8-7-9-24(18-22)40-32-19-28-25-10-2-5-14-33(25)41-34(28)20-29(32)36-27-12-3-6-15-35(27)42-37(36)40/h1-21H. The Hall–Kier alpha value is -5.39. The van der Waals surface area contributed by atoms with Crippen LogP contribution in [0.25, 0.3) is 86.4 Å². The van der Waals surface area contributed by atoms with E-state index in [9.17, 15) is 0 Å². The monoisotopic (exact) mass is 555 g/mol. The molecule has 0 aliphatic heterocycles. The van der Waals surface area contributed by atoms with E-state index in [0.29, 0.717) is 0 Å². The molecule has 5 aromatic heterocycles. The maximum atomic E-state index is 6.33. The van der Waals surface area contributed by atoms with Crippen LogP contribution in [0, 0.1) is 0 Å².